The Kier molecular flexibility index (Phi) is 3.97. The molecule has 1 aromatic heterocycles. The van der Waals surface area contributed by atoms with Crippen molar-refractivity contribution < 1.29 is 4.39 Å². The van der Waals surface area contributed by atoms with Crippen molar-refractivity contribution in [1.82, 2.24) is 9.78 Å². The molecule has 2 rings (SSSR count). The Morgan fingerprint density at radius 3 is 2.89 bits per heavy atom. The molecule has 0 saturated heterocycles. The summed E-state index contributed by atoms with van der Waals surface area (Å²) in [5, 5.41) is 7.67. The molecule has 3 nitrogen and oxygen atoms in total. The van der Waals surface area contributed by atoms with Crippen LogP contribution in [0.2, 0.25) is 0 Å². The quantitative estimate of drug-likeness (QED) is 0.880. The van der Waals surface area contributed by atoms with Crippen molar-refractivity contribution in [2.75, 3.05) is 5.32 Å². The molecule has 0 aliphatic heterocycles. The SMILES string of the molecule is CCn1ccc(NC(C)Cc2cccc(F)c2)n1. The summed E-state index contributed by atoms with van der Waals surface area (Å²) in [6.07, 6.45) is 2.72. The highest BCUT2D eigenvalue weighted by molar-refractivity contribution is 5.34. The van der Waals surface area contributed by atoms with Crippen molar-refractivity contribution in [2.24, 2.45) is 0 Å². The zero-order valence-electron chi connectivity index (χ0n) is 10.7. The second-order valence-corrected chi connectivity index (χ2v) is 4.44. The smallest absolute Gasteiger partial charge is 0.148 e. The van der Waals surface area contributed by atoms with Crippen LogP contribution in [0.25, 0.3) is 0 Å². The van der Waals surface area contributed by atoms with E-state index in [1.807, 2.05) is 29.9 Å². The van der Waals surface area contributed by atoms with E-state index in [1.165, 1.54) is 6.07 Å². The van der Waals surface area contributed by atoms with Gasteiger partial charge in [-0.05, 0) is 38.0 Å². The summed E-state index contributed by atoms with van der Waals surface area (Å²) < 4.78 is 14.9. The Labute approximate surface area is 107 Å². The molecule has 96 valence electrons. The largest absolute Gasteiger partial charge is 0.366 e. The van der Waals surface area contributed by atoms with E-state index >= 15 is 0 Å². The molecule has 0 fully saturated rings. The van der Waals surface area contributed by atoms with Gasteiger partial charge in [-0.25, -0.2) is 4.39 Å². The molecule has 1 aromatic carbocycles. The zero-order chi connectivity index (χ0) is 13.0. The van der Waals surface area contributed by atoms with E-state index < -0.39 is 0 Å². The molecular formula is C14H18FN3. The van der Waals surface area contributed by atoms with E-state index in [4.69, 9.17) is 0 Å². The van der Waals surface area contributed by atoms with Crippen LogP contribution in [0.15, 0.2) is 36.5 Å². The minimum absolute atomic E-state index is 0.185. The van der Waals surface area contributed by atoms with Crippen LogP contribution in [-0.4, -0.2) is 15.8 Å². The standard InChI is InChI=1S/C14H18FN3/c1-3-18-8-7-14(17-18)16-11(2)9-12-5-4-6-13(15)10-12/h4-8,10-11H,3,9H2,1-2H3,(H,16,17). The molecule has 0 aliphatic carbocycles. The molecule has 4 heteroatoms. The summed E-state index contributed by atoms with van der Waals surface area (Å²) in [5.41, 5.74) is 0.991. The number of aryl methyl sites for hydroxylation is 1. The molecule has 0 amide bonds. The van der Waals surface area contributed by atoms with E-state index in [9.17, 15) is 4.39 Å². The minimum atomic E-state index is -0.185. The fourth-order valence-corrected chi connectivity index (χ4v) is 1.94. The molecule has 18 heavy (non-hydrogen) atoms. The van der Waals surface area contributed by atoms with Crippen LogP contribution in [0.1, 0.15) is 19.4 Å². The number of anilines is 1. The van der Waals surface area contributed by atoms with Gasteiger partial charge >= 0.3 is 0 Å². The summed E-state index contributed by atoms with van der Waals surface area (Å²) >= 11 is 0. The molecule has 0 spiro atoms. The molecule has 0 bridgehead atoms. The van der Waals surface area contributed by atoms with E-state index in [0.29, 0.717) is 0 Å². The number of hydrogen-bond donors (Lipinski definition) is 1. The summed E-state index contributed by atoms with van der Waals surface area (Å²) in [7, 11) is 0. The van der Waals surface area contributed by atoms with Crippen LogP contribution in [0.3, 0.4) is 0 Å². The Morgan fingerprint density at radius 2 is 2.22 bits per heavy atom. The first-order valence-corrected chi connectivity index (χ1v) is 6.22. The molecule has 2 aromatic rings. The van der Waals surface area contributed by atoms with E-state index in [1.54, 1.807) is 12.1 Å². The van der Waals surface area contributed by atoms with Crippen LogP contribution >= 0.6 is 0 Å². The second kappa shape index (κ2) is 5.67. The predicted octanol–water partition coefficient (Wildman–Crippen LogP) is 3.09. The van der Waals surface area contributed by atoms with Crippen molar-refractivity contribution in [3.63, 3.8) is 0 Å². The average Bonchev–Trinajstić information content (AvgIpc) is 2.76. The maximum Gasteiger partial charge on any atom is 0.148 e. The van der Waals surface area contributed by atoms with Crippen LogP contribution in [-0.2, 0) is 13.0 Å². The lowest BCUT2D eigenvalue weighted by molar-refractivity contribution is 0.623. The average molecular weight is 247 g/mol. The Balaban J connectivity index is 1.94. The first-order valence-electron chi connectivity index (χ1n) is 6.22. The highest BCUT2D eigenvalue weighted by Gasteiger charge is 2.06. The highest BCUT2D eigenvalue weighted by Crippen LogP contribution is 2.10. The maximum atomic E-state index is 13.1. The van der Waals surface area contributed by atoms with Gasteiger partial charge in [-0.2, -0.15) is 5.10 Å². The summed E-state index contributed by atoms with van der Waals surface area (Å²) in [5.74, 6) is 0.677. The van der Waals surface area contributed by atoms with Gasteiger partial charge in [-0.15, -0.1) is 0 Å². The van der Waals surface area contributed by atoms with Gasteiger partial charge in [0.2, 0.25) is 0 Å². The first kappa shape index (κ1) is 12.6. The van der Waals surface area contributed by atoms with Crippen LogP contribution in [0.4, 0.5) is 10.2 Å². The summed E-state index contributed by atoms with van der Waals surface area (Å²) in [6, 6.07) is 8.88. The lowest BCUT2D eigenvalue weighted by Gasteiger charge is -2.13. The molecule has 0 aliphatic rings. The van der Waals surface area contributed by atoms with Crippen molar-refractivity contribution in [2.45, 2.75) is 32.9 Å². The summed E-state index contributed by atoms with van der Waals surface area (Å²) in [6.45, 7) is 4.97. The van der Waals surface area contributed by atoms with Crippen LogP contribution < -0.4 is 5.32 Å². The molecule has 1 N–H and O–H groups in total. The zero-order valence-corrected chi connectivity index (χ0v) is 10.7. The van der Waals surface area contributed by atoms with Crippen molar-refractivity contribution in [3.05, 3.63) is 47.9 Å². The number of nitrogens with one attached hydrogen (secondary N) is 1. The highest BCUT2D eigenvalue weighted by atomic mass is 19.1. The van der Waals surface area contributed by atoms with Gasteiger partial charge in [0.05, 0.1) is 0 Å². The number of halogens is 1. The van der Waals surface area contributed by atoms with Gasteiger partial charge < -0.3 is 5.32 Å². The number of nitrogens with zero attached hydrogens (tertiary/aromatic N) is 2. The van der Waals surface area contributed by atoms with Crippen LogP contribution in [0, 0.1) is 5.82 Å². The Morgan fingerprint density at radius 1 is 1.39 bits per heavy atom. The van der Waals surface area contributed by atoms with Crippen molar-refractivity contribution >= 4 is 5.82 Å². The lowest BCUT2D eigenvalue weighted by Crippen LogP contribution is -2.18. The third-order valence-electron chi connectivity index (χ3n) is 2.79. The number of rotatable bonds is 5. The van der Waals surface area contributed by atoms with Gasteiger partial charge in [-0.1, -0.05) is 12.1 Å². The second-order valence-electron chi connectivity index (χ2n) is 4.44. The first-order chi connectivity index (χ1) is 8.67. The molecule has 1 heterocycles. The lowest BCUT2D eigenvalue weighted by atomic mass is 10.1. The molecule has 1 atom stereocenters. The Hall–Kier alpha value is -1.84. The van der Waals surface area contributed by atoms with Crippen molar-refractivity contribution in [3.8, 4) is 0 Å². The topological polar surface area (TPSA) is 29.9 Å². The van der Waals surface area contributed by atoms with Crippen molar-refractivity contribution in [1.29, 1.82) is 0 Å². The number of benzene rings is 1. The third kappa shape index (κ3) is 3.32. The fourth-order valence-electron chi connectivity index (χ4n) is 1.94. The predicted molar refractivity (Wildman–Crippen MR) is 71.1 cm³/mol. The van der Waals surface area contributed by atoms with Gasteiger partial charge in [0.25, 0.3) is 0 Å². The third-order valence-corrected chi connectivity index (χ3v) is 2.79. The Bertz CT molecular complexity index is 507. The minimum Gasteiger partial charge on any atom is -0.366 e. The normalized spacial score (nSPS) is 12.4. The maximum absolute atomic E-state index is 13.1. The van der Waals surface area contributed by atoms with Gasteiger partial charge in [0, 0.05) is 24.8 Å². The fraction of sp³-hybridized carbons (Fsp3) is 0.357. The molecule has 0 saturated carbocycles. The monoisotopic (exact) mass is 247 g/mol. The van der Waals surface area contributed by atoms with Gasteiger partial charge in [0.15, 0.2) is 0 Å². The molecule has 1 unspecified atom stereocenters. The number of aromatic nitrogens is 2. The molecular weight excluding hydrogens is 229 g/mol. The van der Waals surface area contributed by atoms with E-state index in [0.717, 1.165) is 24.3 Å². The molecule has 0 radical (unpaired) electrons. The van der Waals surface area contributed by atoms with E-state index in [-0.39, 0.29) is 11.9 Å². The van der Waals surface area contributed by atoms with E-state index in [2.05, 4.69) is 17.3 Å². The summed E-state index contributed by atoms with van der Waals surface area (Å²) in [4.78, 5) is 0. The van der Waals surface area contributed by atoms with Gasteiger partial charge in [0.1, 0.15) is 11.6 Å². The van der Waals surface area contributed by atoms with Gasteiger partial charge in [-0.3, -0.25) is 4.68 Å². The van der Waals surface area contributed by atoms with Crippen LogP contribution in [0.5, 0.6) is 0 Å². The number of hydrogen-bond acceptors (Lipinski definition) is 2.